The van der Waals surface area contributed by atoms with Crippen LogP contribution in [-0.2, 0) is 19.1 Å². The second-order valence-electron chi connectivity index (χ2n) is 10.0. The number of carbonyl (C=O) groups is 3. The largest absolute Gasteiger partial charge is 0.463 e. The van der Waals surface area contributed by atoms with Crippen molar-refractivity contribution in [2.75, 3.05) is 0 Å². The predicted molar refractivity (Wildman–Crippen MR) is 104 cm³/mol. The molecule has 3 fully saturated rings. The summed E-state index contributed by atoms with van der Waals surface area (Å²) in [4.78, 5) is 35.9. The van der Waals surface area contributed by atoms with Crippen LogP contribution in [0.1, 0.15) is 86.0 Å². The van der Waals surface area contributed by atoms with E-state index in [0.29, 0.717) is 48.7 Å². The fraction of sp³-hybridized carbons (Fsp3) is 0.870. The minimum absolute atomic E-state index is 0.0385. The van der Waals surface area contributed by atoms with Gasteiger partial charge in [0.1, 0.15) is 17.7 Å². The summed E-state index contributed by atoms with van der Waals surface area (Å²) in [6.45, 7) is 9.70. The van der Waals surface area contributed by atoms with Gasteiger partial charge in [-0.1, -0.05) is 13.8 Å². The molecule has 4 heteroatoms. The fourth-order valence-corrected chi connectivity index (χ4v) is 7.19. The van der Waals surface area contributed by atoms with Gasteiger partial charge in [0.05, 0.1) is 0 Å². The van der Waals surface area contributed by atoms with E-state index in [0.717, 1.165) is 25.7 Å². The number of hydrogen-bond donors (Lipinski definition) is 0. The molecule has 0 N–H and O–H groups in total. The summed E-state index contributed by atoms with van der Waals surface area (Å²) >= 11 is 0. The maximum absolute atomic E-state index is 12.9. The summed E-state index contributed by atoms with van der Waals surface area (Å²) in [6.07, 6.45) is 7.27. The number of rotatable bonds is 5. The lowest BCUT2D eigenvalue weighted by molar-refractivity contribution is -0.156. The van der Waals surface area contributed by atoms with Crippen molar-refractivity contribution in [3.63, 3.8) is 0 Å². The number of fused-ring (bicyclic) bond motifs is 3. The van der Waals surface area contributed by atoms with E-state index < -0.39 is 0 Å². The van der Waals surface area contributed by atoms with Gasteiger partial charge in [0.15, 0.2) is 0 Å². The van der Waals surface area contributed by atoms with Gasteiger partial charge in [-0.25, -0.2) is 0 Å². The highest BCUT2D eigenvalue weighted by Crippen LogP contribution is 2.65. The molecule has 3 rings (SSSR count). The molecule has 0 heterocycles. The average Bonchev–Trinajstić information content (AvgIpc) is 2.93. The second kappa shape index (κ2) is 7.33. The van der Waals surface area contributed by atoms with Gasteiger partial charge in [-0.2, -0.15) is 0 Å². The highest BCUT2D eigenvalue weighted by molar-refractivity contribution is 5.86. The third-order valence-corrected chi connectivity index (χ3v) is 8.59. The molecule has 0 amide bonds. The van der Waals surface area contributed by atoms with Crippen LogP contribution in [0.3, 0.4) is 0 Å². The van der Waals surface area contributed by atoms with Crippen molar-refractivity contribution in [3.05, 3.63) is 0 Å². The Balaban J connectivity index is 1.82. The molecular formula is C23H36O4. The molecule has 152 valence electrons. The van der Waals surface area contributed by atoms with Crippen molar-refractivity contribution in [1.82, 2.24) is 0 Å². The molecule has 0 saturated heterocycles. The zero-order valence-corrected chi connectivity index (χ0v) is 17.7. The van der Waals surface area contributed by atoms with Crippen molar-refractivity contribution >= 4 is 17.5 Å². The molecule has 0 aromatic heterocycles. The Morgan fingerprint density at radius 3 is 2.44 bits per heavy atom. The third-order valence-electron chi connectivity index (χ3n) is 8.59. The predicted octanol–water partition coefficient (Wildman–Crippen LogP) is 4.74. The van der Waals surface area contributed by atoms with Gasteiger partial charge in [0.2, 0.25) is 0 Å². The van der Waals surface area contributed by atoms with Gasteiger partial charge < -0.3 is 9.53 Å². The molecule has 27 heavy (non-hydrogen) atoms. The van der Waals surface area contributed by atoms with Crippen molar-refractivity contribution in [2.45, 2.75) is 92.1 Å². The third kappa shape index (κ3) is 3.49. The van der Waals surface area contributed by atoms with Gasteiger partial charge in [0, 0.05) is 31.1 Å². The van der Waals surface area contributed by atoms with Crippen LogP contribution in [-0.4, -0.2) is 23.6 Å². The van der Waals surface area contributed by atoms with Crippen LogP contribution < -0.4 is 0 Å². The molecule has 3 unspecified atom stereocenters. The second-order valence-corrected chi connectivity index (χ2v) is 10.0. The topological polar surface area (TPSA) is 60.4 Å². The van der Waals surface area contributed by atoms with Crippen LogP contribution in [0.5, 0.6) is 0 Å². The Hall–Kier alpha value is -1.19. The number of Topliss-reactive ketones (excluding diaryl/α,β-unsaturated/α-hetero) is 2. The van der Waals surface area contributed by atoms with E-state index in [1.54, 1.807) is 6.92 Å². The maximum Gasteiger partial charge on any atom is 0.302 e. The van der Waals surface area contributed by atoms with Crippen molar-refractivity contribution < 1.29 is 19.1 Å². The van der Waals surface area contributed by atoms with E-state index >= 15 is 0 Å². The lowest BCUT2D eigenvalue weighted by atomic mass is 9.48. The SMILES string of the molecule is CC(=O)CC[C@]1(C)C(=O)CCC2C1CCC1(C)[C@@H]([C@H](C)OC(C)=O)CC[C@@H]21. The lowest BCUT2D eigenvalue weighted by Crippen LogP contribution is -2.53. The zero-order chi connectivity index (χ0) is 20.0. The molecule has 0 spiro atoms. The van der Waals surface area contributed by atoms with Gasteiger partial charge in [-0.3, -0.25) is 9.59 Å². The van der Waals surface area contributed by atoms with E-state index in [2.05, 4.69) is 13.8 Å². The molecule has 0 aromatic carbocycles. The summed E-state index contributed by atoms with van der Waals surface area (Å²) in [5.74, 6) is 2.34. The molecule has 3 aliphatic rings. The summed E-state index contributed by atoms with van der Waals surface area (Å²) < 4.78 is 5.58. The molecular weight excluding hydrogens is 340 g/mol. The van der Waals surface area contributed by atoms with Crippen LogP contribution in [0.25, 0.3) is 0 Å². The Labute approximate surface area is 163 Å². The maximum atomic E-state index is 12.9. The molecule has 3 aliphatic carbocycles. The first-order valence-electron chi connectivity index (χ1n) is 10.8. The fourth-order valence-electron chi connectivity index (χ4n) is 7.19. The molecule has 0 aliphatic heterocycles. The summed E-state index contributed by atoms with van der Waals surface area (Å²) in [6, 6.07) is 0. The summed E-state index contributed by atoms with van der Waals surface area (Å²) in [5.41, 5.74) is -0.145. The lowest BCUT2D eigenvalue weighted by Gasteiger charge is -2.56. The Bertz CT molecular complexity index is 626. The number of esters is 1. The van der Waals surface area contributed by atoms with Crippen LogP contribution in [0.2, 0.25) is 0 Å². The van der Waals surface area contributed by atoms with E-state index in [4.69, 9.17) is 4.74 Å². The van der Waals surface area contributed by atoms with Crippen LogP contribution >= 0.6 is 0 Å². The minimum Gasteiger partial charge on any atom is -0.463 e. The first kappa shape index (κ1) is 20.5. The number of hydrogen-bond acceptors (Lipinski definition) is 4. The molecule has 7 atom stereocenters. The molecule has 0 bridgehead atoms. The Morgan fingerprint density at radius 1 is 1.11 bits per heavy atom. The normalized spacial score (nSPS) is 42.2. The van der Waals surface area contributed by atoms with Crippen LogP contribution in [0.4, 0.5) is 0 Å². The first-order chi connectivity index (χ1) is 12.6. The Morgan fingerprint density at radius 2 is 1.81 bits per heavy atom. The summed E-state index contributed by atoms with van der Waals surface area (Å²) in [5, 5.41) is 0. The minimum atomic E-state index is -0.338. The van der Waals surface area contributed by atoms with E-state index in [-0.39, 0.29) is 28.7 Å². The average molecular weight is 377 g/mol. The Kier molecular flexibility index (Phi) is 5.58. The number of ether oxygens (including phenoxy) is 1. The van der Waals surface area contributed by atoms with Gasteiger partial charge in [-0.05, 0) is 75.5 Å². The van der Waals surface area contributed by atoms with Gasteiger partial charge in [-0.15, -0.1) is 0 Å². The van der Waals surface area contributed by atoms with Crippen molar-refractivity contribution in [1.29, 1.82) is 0 Å². The highest BCUT2D eigenvalue weighted by Gasteiger charge is 2.60. The van der Waals surface area contributed by atoms with Crippen molar-refractivity contribution in [3.8, 4) is 0 Å². The standard InChI is InChI=1S/C23H36O4/c1-14(24)10-12-23(5)20-11-13-22(4)18(15(2)27-16(3)25)7-8-19(22)17(20)6-9-21(23)26/h15,17-20H,6-13H2,1-5H3/t15-,17?,18+,19-,20?,22?,23-/m0/s1. The first-order valence-corrected chi connectivity index (χ1v) is 10.8. The monoisotopic (exact) mass is 376 g/mol. The number of carbonyl (C=O) groups excluding carboxylic acids is 3. The van der Waals surface area contributed by atoms with Crippen LogP contribution in [0.15, 0.2) is 0 Å². The van der Waals surface area contributed by atoms with Crippen LogP contribution in [0, 0.1) is 34.5 Å². The summed E-state index contributed by atoms with van der Waals surface area (Å²) in [7, 11) is 0. The quantitative estimate of drug-likeness (QED) is 0.651. The van der Waals surface area contributed by atoms with Gasteiger partial charge >= 0.3 is 5.97 Å². The molecule has 3 saturated carbocycles. The highest BCUT2D eigenvalue weighted by atomic mass is 16.5. The zero-order valence-electron chi connectivity index (χ0n) is 17.7. The van der Waals surface area contributed by atoms with E-state index in [1.165, 1.54) is 13.3 Å². The molecule has 0 aromatic rings. The van der Waals surface area contributed by atoms with Gasteiger partial charge in [0.25, 0.3) is 0 Å². The van der Waals surface area contributed by atoms with Crippen molar-refractivity contribution in [2.24, 2.45) is 34.5 Å². The van der Waals surface area contributed by atoms with E-state index in [9.17, 15) is 14.4 Å². The molecule has 4 nitrogen and oxygen atoms in total. The smallest absolute Gasteiger partial charge is 0.302 e. The molecule has 0 radical (unpaired) electrons. The van der Waals surface area contributed by atoms with E-state index in [1.807, 2.05) is 6.92 Å². The number of ketones is 2.